The third-order valence-corrected chi connectivity index (χ3v) is 3.62. The van der Waals surface area contributed by atoms with Crippen LogP contribution in [0.1, 0.15) is 69.4 Å². The highest BCUT2D eigenvalue weighted by atomic mass is 16.5. The standard InChI is InChI=1S/C18H24N2O/c1-12(2)15-6-8-17(19-10-15)14(5)21-18-9-7-16(11-20-18)13(3)4/h6-14H,1-5H3. The van der Waals surface area contributed by atoms with Gasteiger partial charge in [0.1, 0.15) is 6.10 Å². The lowest BCUT2D eigenvalue weighted by molar-refractivity contribution is 0.212. The molecule has 0 aliphatic heterocycles. The van der Waals surface area contributed by atoms with Crippen LogP contribution >= 0.6 is 0 Å². The van der Waals surface area contributed by atoms with Gasteiger partial charge < -0.3 is 4.74 Å². The van der Waals surface area contributed by atoms with E-state index in [0.29, 0.717) is 17.7 Å². The van der Waals surface area contributed by atoms with E-state index in [1.54, 1.807) is 0 Å². The van der Waals surface area contributed by atoms with Crippen molar-refractivity contribution in [2.45, 2.75) is 52.6 Å². The number of ether oxygens (including phenoxy) is 1. The van der Waals surface area contributed by atoms with Gasteiger partial charge in [-0.1, -0.05) is 39.8 Å². The molecule has 21 heavy (non-hydrogen) atoms. The minimum atomic E-state index is -0.108. The molecular formula is C18H24N2O. The van der Waals surface area contributed by atoms with Gasteiger partial charge in [0.2, 0.25) is 5.88 Å². The van der Waals surface area contributed by atoms with Crippen molar-refractivity contribution in [3.8, 4) is 5.88 Å². The summed E-state index contributed by atoms with van der Waals surface area (Å²) in [5, 5.41) is 0. The maximum Gasteiger partial charge on any atom is 0.213 e. The molecule has 0 aromatic carbocycles. The first kappa shape index (κ1) is 15.5. The first-order valence-electron chi connectivity index (χ1n) is 7.55. The zero-order chi connectivity index (χ0) is 15.4. The van der Waals surface area contributed by atoms with Crippen molar-refractivity contribution >= 4 is 0 Å². The second kappa shape index (κ2) is 6.70. The zero-order valence-electron chi connectivity index (χ0n) is 13.5. The largest absolute Gasteiger partial charge is 0.468 e. The maximum atomic E-state index is 5.86. The van der Waals surface area contributed by atoms with Crippen LogP contribution in [0.4, 0.5) is 0 Å². The van der Waals surface area contributed by atoms with Gasteiger partial charge in [0.15, 0.2) is 0 Å². The Morgan fingerprint density at radius 1 is 0.762 bits per heavy atom. The zero-order valence-corrected chi connectivity index (χ0v) is 13.5. The fourth-order valence-corrected chi connectivity index (χ4v) is 2.04. The summed E-state index contributed by atoms with van der Waals surface area (Å²) in [4.78, 5) is 8.85. The predicted octanol–water partition coefficient (Wildman–Crippen LogP) is 4.86. The number of nitrogens with zero attached hydrogens (tertiary/aromatic N) is 2. The van der Waals surface area contributed by atoms with E-state index in [1.807, 2.05) is 31.5 Å². The fraction of sp³-hybridized carbons (Fsp3) is 0.444. The number of hydrogen-bond acceptors (Lipinski definition) is 3. The molecule has 112 valence electrons. The Labute approximate surface area is 127 Å². The van der Waals surface area contributed by atoms with Crippen molar-refractivity contribution in [3.05, 3.63) is 53.5 Å². The molecule has 0 aliphatic carbocycles. The second-order valence-corrected chi connectivity index (χ2v) is 6.02. The molecule has 1 unspecified atom stereocenters. The van der Waals surface area contributed by atoms with Crippen LogP contribution in [-0.2, 0) is 0 Å². The molecule has 2 heterocycles. The van der Waals surface area contributed by atoms with E-state index >= 15 is 0 Å². The molecular weight excluding hydrogens is 260 g/mol. The van der Waals surface area contributed by atoms with E-state index in [-0.39, 0.29) is 6.10 Å². The molecule has 0 N–H and O–H groups in total. The molecule has 0 bridgehead atoms. The highest BCUT2D eigenvalue weighted by Crippen LogP contribution is 2.22. The first-order valence-corrected chi connectivity index (χ1v) is 7.55. The lowest BCUT2D eigenvalue weighted by Gasteiger charge is -2.15. The molecule has 0 amide bonds. The lowest BCUT2D eigenvalue weighted by atomic mass is 10.1. The Hall–Kier alpha value is -1.90. The van der Waals surface area contributed by atoms with E-state index in [1.165, 1.54) is 11.1 Å². The Kier molecular flexibility index (Phi) is 4.94. The summed E-state index contributed by atoms with van der Waals surface area (Å²) in [5.41, 5.74) is 3.38. The Morgan fingerprint density at radius 3 is 1.76 bits per heavy atom. The summed E-state index contributed by atoms with van der Waals surface area (Å²) < 4.78 is 5.86. The van der Waals surface area contributed by atoms with Crippen LogP contribution in [0, 0.1) is 0 Å². The second-order valence-electron chi connectivity index (χ2n) is 6.02. The van der Waals surface area contributed by atoms with E-state index in [0.717, 1.165) is 5.69 Å². The van der Waals surface area contributed by atoms with Gasteiger partial charge in [-0.3, -0.25) is 4.98 Å². The monoisotopic (exact) mass is 284 g/mol. The number of rotatable bonds is 5. The smallest absolute Gasteiger partial charge is 0.213 e. The van der Waals surface area contributed by atoms with Crippen molar-refractivity contribution in [2.75, 3.05) is 0 Å². The van der Waals surface area contributed by atoms with Crippen LogP contribution in [-0.4, -0.2) is 9.97 Å². The summed E-state index contributed by atoms with van der Waals surface area (Å²) in [6.07, 6.45) is 3.69. The van der Waals surface area contributed by atoms with Crippen molar-refractivity contribution in [3.63, 3.8) is 0 Å². The average Bonchev–Trinajstić information content (AvgIpc) is 2.47. The lowest BCUT2D eigenvalue weighted by Crippen LogP contribution is -2.07. The van der Waals surface area contributed by atoms with Crippen LogP contribution in [0.3, 0.4) is 0 Å². The van der Waals surface area contributed by atoms with Gasteiger partial charge in [0.05, 0.1) is 5.69 Å². The number of pyridine rings is 2. The SMILES string of the molecule is CC(C)c1ccc(OC(C)c2ccc(C(C)C)cn2)nc1. The Bertz CT molecular complexity index is 559. The van der Waals surface area contributed by atoms with Crippen LogP contribution < -0.4 is 4.74 Å². The molecule has 0 fully saturated rings. The molecule has 0 spiro atoms. The van der Waals surface area contributed by atoms with Gasteiger partial charge in [-0.05, 0) is 36.0 Å². The topological polar surface area (TPSA) is 35.0 Å². The van der Waals surface area contributed by atoms with Gasteiger partial charge in [-0.25, -0.2) is 4.98 Å². The normalized spacial score (nSPS) is 12.7. The number of hydrogen-bond donors (Lipinski definition) is 0. The first-order chi connectivity index (χ1) is 9.97. The van der Waals surface area contributed by atoms with Crippen molar-refractivity contribution in [1.82, 2.24) is 9.97 Å². The average molecular weight is 284 g/mol. The maximum absolute atomic E-state index is 5.86. The van der Waals surface area contributed by atoms with Gasteiger partial charge >= 0.3 is 0 Å². The summed E-state index contributed by atoms with van der Waals surface area (Å²) in [6.45, 7) is 10.6. The molecule has 2 aromatic heterocycles. The molecule has 0 saturated heterocycles. The predicted molar refractivity (Wildman–Crippen MR) is 85.7 cm³/mol. The fourth-order valence-electron chi connectivity index (χ4n) is 2.04. The number of aromatic nitrogens is 2. The highest BCUT2D eigenvalue weighted by Gasteiger charge is 2.10. The van der Waals surface area contributed by atoms with E-state index in [9.17, 15) is 0 Å². The molecule has 1 atom stereocenters. The highest BCUT2D eigenvalue weighted by molar-refractivity contribution is 5.22. The Balaban J connectivity index is 2.04. The third kappa shape index (κ3) is 4.03. The molecule has 3 nitrogen and oxygen atoms in total. The van der Waals surface area contributed by atoms with E-state index < -0.39 is 0 Å². The molecule has 3 heteroatoms. The summed E-state index contributed by atoms with van der Waals surface area (Å²) in [7, 11) is 0. The van der Waals surface area contributed by atoms with Gasteiger partial charge in [0, 0.05) is 18.5 Å². The van der Waals surface area contributed by atoms with Crippen LogP contribution in [0.5, 0.6) is 5.88 Å². The molecule has 0 radical (unpaired) electrons. The summed E-state index contributed by atoms with van der Waals surface area (Å²) in [6, 6.07) is 8.13. The molecule has 0 saturated carbocycles. The molecule has 0 aliphatic rings. The van der Waals surface area contributed by atoms with E-state index in [4.69, 9.17) is 4.74 Å². The molecule has 2 aromatic rings. The van der Waals surface area contributed by atoms with Crippen LogP contribution in [0.2, 0.25) is 0 Å². The minimum absolute atomic E-state index is 0.108. The third-order valence-electron chi connectivity index (χ3n) is 3.62. The van der Waals surface area contributed by atoms with Gasteiger partial charge in [-0.2, -0.15) is 0 Å². The van der Waals surface area contributed by atoms with Crippen LogP contribution in [0.25, 0.3) is 0 Å². The molecule has 2 rings (SSSR count). The van der Waals surface area contributed by atoms with Crippen molar-refractivity contribution in [1.29, 1.82) is 0 Å². The summed E-state index contributed by atoms with van der Waals surface area (Å²) in [5.74, 6) is 1.61. The van der Waals surface area contributed by atoms with E-state index in [2.05, 4.69) is 49.8 Å². The summed E-state index contributed by atoms with van der Waals surface area (Å²) >= 11 is 0. The van der Waals surface area contributed by atoms with Crippen molar-refractivity contribution in [2.24, 2.45) is 0 Å². The van der Waals surface area contributed by atoms with Crippen molar-refractivity contribution < 1.29 is 4.74 Å². The van der Waals surface area contributed by atoms with Crippen LogP contribution in [0.15, 0.2) is 36.7 Å². The van der Waals surface area contributed by atoms with Gasteiger partial charge in [-0.15, -0.1) is 0 Å². The van der Waals surface area contributed by atoms with Gasteiger partial charge in [0.25, 0.3) is 0 Å². The minimum Gasteiger partial charge on any atom is -0.468 e. The quantitative estimate of drug-likeness (QED) is 0.786. The Morgan fingerprint density at radius 2 is 1.33 bits per heavy atom.